The molecule has 2 aromatic rings. The Morgan fingerprint density at radius 1 is 1.14 bits per heavy atom. The van der Waals surface area contributed by atoms with Crippen molar-refractivity contribution in [3.05, 3.63) is 66.2 Å². The molecule has 1 heterocycles. The van der Waals surface area contributed by atoms with Gasteiger partial charge in [0.25, 0.3) is 0 Å². The molecule has 2 atom stereocenters. The molecule has 2 amide bonds. The minimum Gasteiger partial charge on any atom is -0.465 e. The van der Waals surface area contributed by atoms with Crippen LogP contribution in [0.25, 0.3) is 0 Å². The van der Waals surface area contributed by atoms with Gasteiger partial charge in [-0.25, -0.2) is 0 Å². The van der Waals surface area contributed by atoms with Gasteiger partial charge in [0.05, 0.1) is 24.3 Å². The van der Waals surface area contributed by atoms with Crippen LogP contribution in [0.4, 0.5) is 5.69 Å². The summed E-state index contributed by atoms with van der Waals surface area (Å²) in [5.74, 6) is -2.87. The van der Waals surface area contributed by atoms with Gasteiger partial charge < -0.3 is 4.74 Å². The number of nitriles is 1. The zero-order valence-electron chi connectivity index (χ0n) is 15.5. The maximum absolute atomic E-state index is 13.2. The highest BCUT2D eigenvalue weighted by Crippen LogP contribution is 2.41. The highest BCUT2D eigenvalue weighted by atomic mass is 16.5. The first-order chi connectivity index (χ1) is 13.5. The number of anilines is 1. The van der Waals surface area contributed by atoms with Crippen LogP contribution in [0.3, 0.4) is 0 Å². The number of esters is 1. The monoisotopic (exact) mass is 376 g/mol. The molecule has 0 radical (unpaired) electrons. The summed E-state index contributed by atoms with van der Waals surface area (Å²) in [6, 6.07) is 19.5. The molecule has 1 aliphatic rings. The van der Waals surface area contributed by atoms with Crippen molar-refractivity contribution in [3.8, 4) is 6.07 Å². The number of nitrogens with zero attached hydrogens (tertiary/aromatic N) is 2. The predicted octanol–water partition coefficient (Wildman–Crippen LogP) is 2.88. The number of imide groups is 1. The van der Waals surface area contributed by atoms with Crippen LogP contribution in [0.2, 0.25) is 0 Å². The van der Waals surface area contributed by atoms with E-state index in [1.165, 1.54) is 0 Å². The average molecular weight is 376 g/mol. The van der Waals surface area contributed by atoms with Gasteiger partial charge in [-0.15, -0.1) is 0 Å². The van der Waals surface area contributed by atoms with Crippen molar-refractivity contribution < 1.29 is 19.1 Å². The first kappa shape index (κ1) is 19.3. The minimum absolute atomic E-state index is 0.00447. The lowest BCUT2D eigenvalue weighted by molar-refractivity contribution is -0.156. The van der Waals surface area contributed by atoms with E-state index in [9.17, 15) is 19.6 Å². The van der Waals surface area contributed by atoms with Crippen LogP contribution in [0.1, 0.15) is 18.9 Å². The lowest BCUT2D eigenvalue weighted by Gasteiger charge is -2.29. The zero-order valence-corrected chi connectivity index (χ0v) is 15.5. The van der Waals surface area contributed by atoms with E-state index in [0.29, 0.717) is 5.69 Å². The van der Waals surface area contributed by atoms with Crippen molar-refractivity contribution in [3.63, 3.8) is 0 Å². The summed E-state index contributed by atoms with van der Waals surface area (Å²) in [4.78, 5) is 39.7. The lowest BCUT2D eigenvalue weighted by Crippen LogP contribution is -2.45. The molecule has 2 aromatic carbocycles. The Bertz CT molecular complexity index is 921. The molecule has 3 rings (SSSR count). The van der Waals surface area contributed by atoms with Gasteiger partial charge in [0, 0.05) is 12.8 Å². The first-order valence-corrected chi connectivity index (χ1v) is 9.07. The second-order valence-corrected chi connectivity index (χ2v) is 6.63. The maximum Gasteiger partial charge on any atom is 0.327 e. The zero-order chi connectivity index (χ0) is 20.1. The molecule has 1 saturated heterocycles. The molecule has 0 aliphatic carbocycles. The SMILES string of the molecule is CCOC(=O)[C@@](C#N)(Cc1ccccc1)[C@@H]1CC(=O)N(c2ccccc2)C1=O. The summed E-state index contributed by atoms with van der Waals surface area (Å²) in [7, 11) is 0. The minimum atomic E-state index is -1.77. The summed E-state index contributed by atoms with van der Waals surface area (Å²) in [6.45, 7) is 1.72. The fraction of sp³-hybridized carbons (Fsp3) is 0.273. The highest BCUT2D eigenvalue weighted by molar-refractivity contribution is 6.22. The maximum atomic E-state index is 13.2. The number of amides is 2. The van der Waals surface area contributed by atoms with Crippen LogP contribution in [0, 0.1) is 22.7 Å². The first-order valence-electron chi connectivity index (χ1n) is 9.07. The Hall–Kier alpha value is -3.46. The van der Waals surface area contributed by atoms with Crippen LogP contribution in [-0.2, 0) is 25.5 Å². The van der Waals surface area contributed by atoms with Gasteiger partial charge in [0.2, 0.25) is 11.8 Å². The van der Waals surface area contributed by atoms with E-state index in [2.05, 4.69) is 0 Å². The molecule has 142 valence electrons. The van der Waals surface area contributed by atoms with Crippen molar-refractivity contribution in [2.45, 2.75) is 19.8 Å². The van der Waals surface area contributed by atoms with E-state index in [1.54, 1.807) is 61.5 Å². The van der Waals surface area contributed by atoms with Crippen LogP contribution < -0.4 is 4.90 Å². The van der Waals surface area contributed by atoms with E-state index >= 15 is 0 Å². The van der Waals surface area contributed by atoms with E-state index in [4.69, 9.17) is 4.74 Å². The Kier molecular flexibility index (Phi) is 5.55. The summed E-state index contributed by atoms with van der Waals surface area (Å²) in [5.41, 5.74) is -0.626. The normalized spacial score (nSPS) is 18.4. The van der Waals surface area contributed by atoms with E-state index in [1.807, 2.05) is 12.1 Å². The third-order valence-electron chi connectivity index (χ3n) is 4.92. The number of hydrogen-bond donors (Lipinski definition) is 0. The van der Waals surface area contributed by atoms with Crippen LogP contribution in [0.15, 0.2) is 60.7 Å². The third kappa shape index (κ3) is 3.39. The molecule has 6 nitrogen and oxygen atoms in total. The van der Waals surface area contributed by atoms with Gasteiger partial charge in [-0.1, -0.05) is 48.5 Å². The van der Waals surface area contributed by atoms with Gasteiger partial charge >= 0.3 is 5.97 Å². The Labute approximate surface area is 163 Å². The molecular formula is C22H20N2O4. The molecular weight excluding hydrogens is 356 g/mol. The largest absolute Gasteiger partial charge is 0.465 e. The number of rotatable bonds is 6. The number of ether oxygens (including phenoxy) is 1. The van der Waals surface area contributed by atoms with E-state index in [-0.39, 0.29) is 19.4 Å². The molecule has 0 saturated carbocycles. The standard InChI is InChI=1S/C22H20N2O4/c1-2-28-21(27)22(15-23,14-16-9-5-3-6-10-16)18-13-19(25)24(20(18)26)17-11-7-4-8-12-17/h3-12,18H,2,13-14H2,1H3/t18-,22-/m1/s1. The average Bonchev–Trinajstić information content (AvgIpc) is 3.02. The smallest absolute Gasteiger partial charge is 0.327 e. The summed E-state index contributed by atoms with van der Waals surface area (Å²) in [5, 5.41) is 10.0. The Morgan fingerprint density at radius 2 is 1.75 bits per heavy atom. The number of para-hydroxylation sites is 1. The van der Waals surface area contributed by atoms with Crippen molar-refractivity contribution in [2.75, 3.05) is 11.5 Å². The Balaban J connectivity index is 2.03. The molecule has 0 N–H and O–H groups in total. The summed E-state index contributed by atoms with van der Waals surface area (Å²) in [6.07, 6.45) is -0.220. The van der Waals surface area contributed by atoms with Crippen LogP contribution >= 0.6 is 0 Å². The number of benzene rings is 2. The Morgan fingerprint density at radius 3 is 2.32 bits per heavy atom. The molecule has 0 spiro atoms. The van der Waals surface area contributed by atoms with Gasteiger partial charge in [-0.05, 0) is 24.6 Å². The third-order valence-corrected chi connectivity index (χ3v) is 4.92. The van der Waals surface area contributed by atoms with Gasteiger partial charge in [-0.2, -0.15) is 5.26 Å². The fourth-order valence-corrected chi connectivity index (χ4v) is 3.54. The number of hydrogen-bond acceptors (Lipinski definition) is 5. The molecule has 1 aliphatic heterocycles. The molecule has 28 heavy (non-hydrogen) atoms. The van der Waals surface area contributed by atoms with Crippen molar-refractivity contribution in [1.29, 1.82) is 5.26 Å². The van der Waals surface area contributed by atoms with Crippen LogP contribution in [0.5, 0.6) is 0 Å². The topological polar surface area (TPSA) is 87.5 Å². The van der Waals surface area contributed by atoms with Crippen molar-refractivity contribution >= 4 is 23.5 Å². The second-order valence-electron chi connectivity index (χ2n) is 6.63. The van der Waals surface area contributed by atoms with Crippen molar-refractivity contribution in [2.24, 2.45) is 11.3 Å². The van der Waals surface area contributed by atoms with E-state index < -0.39 is 29.1 Å². The number of carbonyl (C=O) groups is 3. The highest BCUT2D eigenvalue weighted by Gasteiger charge is 2.57. The summed E-state index contributed by atoms with van der Waals surface area (Å²) < 4.78 is 5.16. The lowest BCUT2D eigenvalue weighted by atomic mass is 9.71. The molecule has 0 aromatic heterocycles. The summed E-state index contributed by atoms with van der Waals surface area (Å²) >= 11 is 0. The fourth-order valence-electron chi connectivity index (χ4n) is 3.54. The molecule has 0 bridgehead atoms. The molecule has 1 fully saturated rings. The second kappa shape index (κ2) is 8.05. The quantitative estimate of drug-likeness (QED) is 0.571. The number of carbonyl (C=O) groups excluding carboxylic acids is 3. The van der Waals surface area contributed by atoms with Crippen molar-refractivity contribution in [1.82, 2.24) is 0 Å². The van der Waals surface area contributed by atoms with Gasteiger partial charge in [0.1, 0.15) is 0 Å². The van der Waals surface area contributed by atoms with E-state index in [0.717, 1.165) is 10.5 Å². The molecule has 0 unspecified atom stereocenters. The van der Waals surface area contributed by atoms with Gasteiger partial charge in [-0.3, -0.25) is 19.3 Å². The van der Waals surface area contributed by atoms with Crippen LogP contribution in [-0.4, -0.2) is 24.4 Å². The molecule has 6 heteroatoms. The predicted molar refractivity (Wildman–Crippen MR) is 102 cm³/mol. The van der Waals surface area contributed by atoms with Gasteiger partial charge in [0.15, 0.2) is 5.41 Å².